The van der Waals surface area contributed by atoms with Crippen LogP contribution in [-0.2, 0) is 0 Å². The van der Waals surface area contributed by atoms with Crippen molar-refractivity contribution in [1.82, 2.24) is 0 Å². The molecule has 0 unspecified atom stereocenters. The van der Waals surface area contributed by atoms with Gasteiger partial charge in [-0.2, -0.15) is 0 Å². The quantitative estimate of drug-likeness (QED) is 0.285. The Morgan fingerprint density at radius 3 is 1.83 bits per heavy atom. The molecule has 0 heterocycles. The first kappa shape index (κ1) is 15.8. The van der Waals surface area contributed by atoms with E-state index in [0.29, 0.717) is 0 Å². The first-order chi connectivity index (χ1) is 1.91. The minimum absolute atomic E-state index is 0. The molecule has 0 fully saturated rings. The average Bonchev–Trinajstić information content (AvgIpc) is 1.37. The van der Waals surface area contributed by atoms with E-state index in [9.17, 15) is 5.11 Å². The van der Waals surface area contributed by atoms with Gasteiger partial charge in [0.15, 0.2) is 0 Å². The first-order valence-corrected chi connectivity index (χ1v) is 1.11. The molecule has 3 heteroatoms. The summed E-state index contributed by atoms with van der Waals surface area (Å²) in [5.41, 5.74) is 0. The van der Waals surface area contributed by atoms with Gasteiger partial charge in [-0.15, -0.1) is 19.3 Å². The van der Waals surface area contributed by atoms with E-state index in [1.165, 1.54) is 6.08 Å². The van der Waals surface area contributed by atoms with Crippen molar-refractivity contribution in [2.75, 3.05) is 6.61 Å². The molecule has 0 radical (unpaired) electrons. The van der Waals surface area contributed by atoms with Crippen molar-refractivity contribution in [3.63, 3.8) is 0 Å². The maximum absolute atomic E-state index is 9.18. The van der Waals surface area contributed by atoms with Crippen molar-refractivity contribution in [1.29, 1.82) is 0 Å². The van der Waals surface area contributed by atoms with Crippen LogP contribution < -0.4 is 22.1 Å². The van der Waals surface area contributed by atoms with Crippen LogP contribution in [0.25, 0.3) is 0 Å². The van der Waals surface area contributed by atoms with Gasteiger partial charge >= 0.3 is 23.1 Å². The molecule has 0 aliphatic carbocycles. The number of halogens is 1. The molecule has 0 saturated carbocycles. The van der Waals surface area contributed by atoms with Gasteiger partial charge in [0.05, 0.1) is 0 Å². The third-order valence-electron chi connectivity index (χ3n) is 0.118. The van der Waals surface area contributed by atoms with E-state index in [1.54, 1.807) is 0 Å². The molecule has 6 heavy (non-hydrogen) atoms. The van der Waals surface area contributed by atoms with Crippen molar-refractivity contribution in [2.24, 2.45) is 0 Å². The molecule has 0 atom stereocenters. The Labute approximate surface area is 64.4 Å². The number of hydrogen-bond donors (Lipinski definition) is 0. The van der Waals surface area contributed by atoms with E-state index in [2.05, 4.69) is 6.58 Å². The standard InChI is InChI=1S/C3H5O.BrH.Mg/c1-2-3-4;;/h2H,1,3H2;1H;/q-1;;+2/p-1. The molecule has 0 aromatic heterocycles. The Balaban J connectivity index is -0.0000000450. The van der Waals surface area contributed by atoms with Crippen LogP contribution in [0.1, 0.15) is 0 Å². The predicted molar refractivity (Wildman–Crippen MR) is 20.8 cm³/mol. The Kier molecular flexibility index (Phi) is 44.1. The fourth-order valence-electron chi connectivity index (χ4n) is 0. The van der Waals surface area contributed by atoms with Crippen LogP contribution in [0.15, 0.2) is 12.7 Å². The molecule has 0 aromatic rings. The van der Waals surface area contributed by atoms with Crippen LogP contribution in [0, 0.1) is 0 Å². The van der Waals surface area contributed by atoms with Crippen molar-refractivity contribution in [2.45, 2.75) is 0 Å². The molecule has 0 bridgehead atoms. The van der Waals surface area contributed by atoms with Gasteiger partial charge in [-0.25, -0.2) is 0 Å². The summed E-state index contributed by atoms with van der Waals surface area (Å²) in [5, 5.41) is 9.18. The summed E-state index contributed by atoms with van der Waals surface area (Å²) in [6.07, 6.45) is 1.32. The Morgan fingerprint density at radius 1 is 1.67 bits per heavy atom. The zero-order valence-electron chi connectivity index (χ0n) is 3.48. The maximum atomic E-state index is 9.18. The average molecular weight is 161 g/mol. The normalized spacial score (nSPS) is 4.17. The molecule has 0 aliphatic rings. The molecule has 0 rings (SSSR count). The topological polar surface area (TPSA) is 23.1 Å². The third-order valence-corrected chi connectivity index (χ3v) is 0.118. The minimum Gasteiger partial charge on any atom is -1.00 e. The number of hydrogen-bond acceptors (Lipinski definition) is 1. The third kappa shape index (κ3) is 20.3. The van der Waals surface area contributed by atoms with Gasteiger partial charge in [-0.3, -0.25) is 0 Å². The fourth-order valence-corrected chi connectivity index (χ4v) is 0. The molecule has 0 spiro atoms. The Bertz CT molecular complexity index is 24.8. The molecule has 0 N–H and O–H groups in total. The largest absolute Gasteiger partial charge is 2.00 e. The van der Waals surface area contributed by atoms with Gasteiger partial charge in [0, 0.05) is 0 Å². The minimum atomic E-state index is -0.167. The van der Waals surface area contributed by atoms with Gasteiger partial charge in [0.1, 0.15) is 0 Å². The molecule has 1 nitrogen and oxygen atoms in total. The summed E-state index contributed by atoms with van der Waals surface area (Å²) in [6.45, 7) is 3.00. The summed E-state index contributed by atoms with van der Waals surface area (Å²) in [5.74, 6) is 0. The molecular formula is C3H5BrMgO. The van der Waals surface area contributed by atoms with Gasteiger partial charge in [-0.1, -0.05) is 0 Å². The van der Waals surface area contributed by atoms with Crippen molar-refractivity contribution in [3.05, 3.63) is 12.7 Å². The van der Waals surface area contributed by atoms with E-state index >= 15 is 0 Å². The zero-order chi connectivity index (χ0) is 3.41. The maximum Gasteiger partial charge on any atom is 2.00 e. The van der Waals surface area contributed by atoms with Crippen LogP contribution in [0.2, 0.25) is 0 Å². The number of rotatable bonds is 1. The Hall–Kier alpha value is 0.946. The molecule has 0 amide bonds. The van der Waals surface area contributed by atoms with Gasteiger partial charge in [-0.05, 0) is 0 Å². The molecular weight excluding hydrogens is 156 g/mol. The summed E-state index contributed by atoms with van der Waals surface area (Å²) in [4.78, 5) is 0. The van der Waals surface area contributed by atoms with Gasteiger partial charge < -0.3 is 22.1 Å². The molecule has 0 saturated heterocycles. The summed E-state index contributed by atoms with van der Waals surface area (Å²) >= 11 is 0. The van der Waals surface area contributed by atoms with Gasteiger partial charge in [0.25, 0.3) is 0 Å². The second-order valence-corrected chi connectivity index (χ2v) is 0.455. The van der Waals surface area contributed by atoms with E-state index in [4.69, 9.17) is 0 Å². The van der Waals surface area contributed by atoms with E-state index in [0.717, 1.165) is 0 Å². The van der Waals surface area contributed by atoms with Gasteiger partial charge in [0.2, 0.25) is 0 Å². The molecule has 32 valence electrons. The van der Waals surface area contributed by atoms with Crippen LogP contribution in [-0.4, -0.2) is 29.7 Å². The van der Waals surface area contributed by atoms with Crippen LogP contribution in [0.4, 0.5) is 0 Å². The van der Waals surface area contributed by atoms with Crippen LogP contribution in [0.5, 0.6) is 0 Å². The SMILES string of the molecule is C=CC[O-].[Br-].[Mg+2]. The predicted octanol–water partition coefficient (Wildman–Crippen LogP) is -3.84. The van der Waals surface area contributed by atoms with Crippen molar-refractivity contribution < 1.29 is 22.1 Å². The monoisotopic (exact) mass is 160 g/mol. The second kappa shape index (κ2) is 16.8. The van der Waals surface area contributed by atoms with Crippen LogP contribution >= 0.6 is 0 Å². The van der Waals surface area contributed by atoms with Crippen LogP contribution in [0.3, 0.4) is 0 Å². The van der Waals surface area contributed by atoms with E-state index < -0.39 is 0 Å². The molecule has 0 aromatic carbocycles. The van der Waals surface area contributed by atoms with Crippen molar-refractivity contribution in [3.8, 4) is 0 Å². The summed E-state index contributed by atoms with van der Waals surface area (Å²) in [6, 6.07) is 0. The first-order valence-electron chi connectivity index (χ1n) is 1.11. The fraction of sp³-hybridized carbons (Fsp3) is 0.333. The second-order valence-electron chi connectivity index (χ2n) is 0.455. The van der Waals surface area contributed by atoms with Crippen molar-refractivity contribution >= 4 is 23.1 Å². The van der Waals surface area contributed by atoms with E-state index in [1.807, 2.05) is 0 Å². The van der Waals surface area contributed by atoms with E-state index in [-0.39, 0.29) is 46.6 Å². The summed E-state index contributed by atoms with van der Waals surface area (Å²) < 4.78 is 0. The smallest absolute Gasteiger partial charge is 1.00 e. The summed E-state index contributed by atoms with van der Waals surface area (Å²) in [7, 11) is 0. The zero-order valence-corrected chi connectivity index (χ0v) is 6.49. The Morgan fingerprint density at radius 2 is 1.83 bits per heavy atom. The molecule has 0 aliphatic heterocycles.